The fourth-order valence-corrected chi connectivity index (χ4v) is 0.874. The van der Waals surface area contributed by atoms with E-state index >= 15 is 0 Å². The second-order valence-electron chi connectivity index (χ2n) is 2.24. The predicted molar refractivity (Wildman–Crippen MR) is 45.3 cm³/mol. The van der Waals surface area contributed by atoms with Crippen LogP contribution in [-0.2, 0) is 13.5 Å². The van der Waals surface area contributed by atoms with E-state index in [1.807, 2.05) is 13.1 Å². The quantitative estimate of drug-likeness (QED) is 0.585. The Kier molecular flexibility index (Phi) is 2.24. The second kappa shape index (κ2) is 3.17. The molecule has 0 atom stereocenters. The number of aryl methyl sites for hydroxylation is 2. The highest BCUT2D eigenvalue weighted by Crippen LogP contribution is 2.11. The molecule has 0 spiro atoms. The van der Waals surface area contributed by atoms with Crippen LogP contribution < -0.4 is 0 Å². The summed E-state index contributed by atoms with van der Waals surface area (Å²) in [7, 11) is 1.86. The molecule has 1 rings (SSSR count). The van der Waals surface area contributed by atoms with Gasteiger partial charge in [-0.3, -0.25) is 4.68 Å². The summed E-state index contributed by atoms with van der Waals surface area (Å²) in [6.07, 6.45) is 0.931. The van der Waals surface area contributed by atoms with Gasteiger partial charge in [0.15, 0.2) is 5.82 Å². The zero-order valence-corrected chi connectivity index (χ0v) is 6.83. The average Bonchev–Trinajstić information content (AvgIpc) is 2.33. The number of aromatic nitrogens is 2. The van der Waals surface area contributed by atoms with Gasteiger partial charge in [-0.25, -0.2) is 0 Å². The highest BCUT2D eigenvalue weighted by molar-refractivity contribution is 5.53. The SMILES string of the molecule is C=C=Nc1cc(CC)nn1C. The van der Waals surface area contributed by atoms with Gasteiger partial charge in [0.25, 0.3) is 0 Å². The molecule has 0 saturated carbocycles. The summed E-state index contributed by atoms with van der Waals surface area (Å²) >= 11 is 0. The zero-order chi connectivity index (χ0) is 8.27. The molecular formula is C8H11N3. The van der Waals surface area contributed by atoms with Gasteiger partial charge >= 0.3 is 0 Å². The van der Waals surface area contributed by atoms with Crippen LogP contribution in [0.5, 0.6) is 0 Å². The maximum Gasteiger partial charge on any atom is 0.160 e. The molecule has 0 radical (unpaired) electrons. The van der Waals surface area contributed by atoms with Crippen molar-refractivity contribution in [2.24, 2.45) is 12.0 Å². The van der Waals surface area contributed by atoms with Crippen LogP contribution in [0.2, 0.25) is 0 Å². The van der Waals surface area contributed by atoms with Gasteiger partial charge in [-0.1, -0.05) is 6.92 Å². The summed E-state index contributed by atoms with van der Waals surface area (Å²) in [6.45, 7) is 5.46. The van der Waals surface area contributed by atoms with Crippen molar-refractivity contribution in [3.63, 3.8) is 0 Å². The van der Waals surface area contributed by atoms with Crippen molar-refractivity contribution in [1.29, 1.82) is 0 Å². The first-order valence-corrected chi connectivity index (χ1v) is 3.53. The third-order valence-corrected chi connectivity index (χ3v) is 1.46. The molecule has 11 heavy (non-hydrogen) atoms. The van der Waals surface area contributed by atoms with Gasteiger partial charge < -0.3 is 0 Å². The standard InChI is InChI=1S/C8H11N3/c1-4-7-6-8(9-5-2)11(3)10-7/h6H,2,4H2,1,3H3. The van der Waals surface area contributed by atoms with Gasteiger partial charge in [-0.15, -0.1) is 0 Å². The molecule has 1 aromatic rings. The van der Waals surface area contributed by atoms with Crippen LogP contribution in [0.15, 0.2) is 17.6 Å². The van der Waals surface area contributed by atoms with Crippen molar-refractivity contribution in [3.05, 3.63) is 18.3 Å². The lowest BCUT2D eigenvalue weighted by Gasteiger charge is -1.88. The van der Waals surface area contributed by atoms with E-state index in [0.717, 1.165) is 17.9 Å². The van der Waals surface area contributed by atoms with E-state index in [9.17, 15) is 0 Å². The Balaban J connectivity index is 3.06. The molecule has 3 heteroatoms. The lowest BCUT2D eigenvalue weighted by atomic mass is 10.3. The maximum atomic E-state index is 4.20. The van der Waals surface area contributed by atoms with E-state index < -0.39 is 0 Å². The average molecular weight is 149 g/mol. The summed E-state index contributed by atoms with van der Waals surface area (Å²) in [5, 5.41) is 4.20. The van der Waals surface area contributed by atoms with Crippen LogP contribution in [0.4, 0.5) is 5.82 Å². The first-order valence-electron chi connectivity index (χ1n) is 3.53. The minimum atomic E-state index is 0.803. The molecule has 3 nitrogen and oxygen atoms in total. The molecule has 0 aliphatic carbocycles. The van der Waals surface area contributed by atoms with Gasteiger partial charge in [0.1, 0.15) is 0 Å². The van der Waals surface area contributed by atoms with Crippen LogP contribution in [0.3, 0.4) is 0 Å². The Morgan fingerprint density at radius 3 is 3.00 bits per heavy atom. The fourth-order valence-electron chi connectivity index (χ4n) is 0.874. The minimum Gasteiger partial charge on any atom is -0.250 e. The van der Waals surface area contributed by atoms with Crippen LogP contribution in [0, 0.1) is 0 Å². The molecule has 0 aromatic carbocycles. The molecule has 0 amide bonds. The Bertz CT molecular complexity index is 292. The molecule has 1 heterocycles. The van der Waals surface area contributed by atoms with E-state index in [-0.39, 0.29) is 0 Å². The molecule has 1 aromatic heterocycles. The predicted octanol–water partition coefficient (Wildman–Crippen LogP) is 1.47. The van der Waals surface area contributed by atoms with Crippen molar-refractivity contribution in [1.82, 2.24) is 9.78 Å². The summed E-state index contributed by atoms with van der Waals surface area (Å²) in [5.41, 5.74) is 1.04. The normalized spacial score (nSPS) is 9.27. The summed E-state index contributed by atoms with van der Waals surface area (Å²) < 4.78 is 1.72. The van der Waals surface area contributed by atoms with E-state index in [4.69, 9.17) is 0 Å². The van der Waals surface area contributed by atoms with Crippen LogP contribution in [0.25, 0.3) is 0 Å². The molecular weight excluding hydrogens is 138 g/mol. The number of aliphatic imine (C=N–C) groups is 1. The Hall–Kier alpha value is -1.34. The first kappa shape index (κ1) is 7.76. The highest BCUT2D eigenvalue weighted by atomic mass is 15.3. The first-order chi connectivity index (χ1) is 5.27. The van der Waals surface area contributed by atoms with Crippen LogP contribution >= 0.6 is 0 Å². The zero-order valence-electron chi connectivity index (χ0n) is 6.83. The Morgan fingerprint density at radius 1 is 1.82 bits per heavy atom. The number of hydrogen-bond donors (Lipinski definition) is 0. The van der Waals surface area contributed by atoms with Crippen LogP contribution in [0.1, 0.15) is 12.6 Å². The van der Waals surface area contributed by atoms with Gasteiger partial charge in [0.2, 0.25) is 0 Å². The number of hydrogen-bond acceptors (Lipinski definition) is 2. The van der Waals surface area contributed by atoms with Gasteiger partial charge in [0, 0.05) is 13.1 Å². The molecule has 0 saturated heterocycles. The minimum absolute atomic E-state index is 0.803. The largest absolute Gasteiger partial charge is 0.250 e. The topological polar surface area (TPSA) is 30.2 Å². The fraction of sp³-hybridized carbons (Fsp3) is 0.375. The smallest absolute Gasteiger partial charge is 0.160 e. The Morgan fingerprint density at radius 2 is 2.55 bits per heavy atom. The summed E-state index contributed by atoms with van der Waals surface area (Å²) in [5.74, 6) is 3.28. The van der Waals surface area contributed by atoms with Crippen molar-refractivity contribution in [3.8, 4) is 0 Å². The van der Waals surface area contributed by atoms with E-state index in [1.54, 1.807) is 4.68 Å². The summed E-state index contributed by atoms with van der Waals surface area (Å²) in [4.78, 5) is 3.91. The third kappa shape index (κ3) is 1.57. The maximum absolute atomic E-state index is 4.20. The Labute approximate surface area is 66.1 Å². The van der Waals surface area contributed by atoms with E-state index in [1.165, 1.54) is 0 Å². The van der Waals surface area contributed by atoms with E-state index in [0.29, 0.717) is 0 Å². The number of rotatable bonds is 2. The molecule has 0 fully saturated rings. The van der Waals surface area contributed by atoms with E-state index in [2.05, 4.69) is 29.5 Å². The lowest BCUT2D eigenvalue weighted by Crippen LogP contribution is -1.90. The lowest BCUT2D eigenvalue weighted by molar-refractivity contribution is 0.749. The molecule has 0 aliphatic rings. The highest BCUT2D eigenvalue weighted by Gasteiger charge is 1.99. The molecule has 0 unspecified atom stereocenters. The van der Waals surface area contributed by atoms with Gasteiger partial charge in [0.05, 0.1) is 5.69 Å². The van der Waals surface area contributed by atoms with Crippen molar-refractivity contribution in [2.75, 3.05) is 0 Å². The monoisotopic (exact) mass is 149 g/mol. The van der Waals surface area contributed by atoms with Crippen molar-refractivity contribution >= 4 is 11.7 Å². The summed E-state index contributed by atoms with van der Waals surface area (Å²) in [6, 6.07) is 1.93. The van der Waals surface area contributed by atoms with Gasteiger partial charge in [-0.05, 0) is 18.9 Å². The second-order valence-corrected chi connectivity index (χ2v) is 2.24. The molecule has 58 valence electrons. The van der Waals surface area contributed by atoms with Gasteiger partial charge in [-0.2, -0.15) is 10.1 Å². The molecule has 0 bridgehead atoms. The third-order valence-electron chi connectivity index (χ3n) is 1.46. The molecule has 0 N–H and O–H groups in total. The number of nitrogens with zero attached hydrogens (tertiary/aromatic N) is 3. The van der Waals surface area contributed by atoms with Crippen molar-refractivity contribution < 1.29 is 0 Å². The van der Waals surface area contributed by atoms with Crippen LogP contribution in [-0.4, -0.2) is 15.7 Å². The van der Waals surface area contributed by atoms with Crippen molar-refractivity contribution in [2.45, 2.75) is 13.3 Å². The molecule has 0 aliphatic heterocycles.